The number of halogens is 2. The molecule has 0 aliphatic carbocycles. The summed E-state index contributed by atoms with van der Waals surface area (Å²) in [4.78, 5) is 7.80. The van der Waals surface area contributed by atoms with E-state index in [0.717, 1.165) is 12.1 Å². The predicted molar refractivity (Wildman–Crippen MR) is 66.0 cm³/mol. The van der Waals surface area contributed by atoms with Crippen LogP contribution in [0.3, 0.4) is 0 Å². The maximum absolute atomic E-state index is 13.1. The minimum atomic E-state index is -0.963. The summed E-state index contributed by atoms with van der Waals surface area (Å²) in [5.41, 5.74) is 2.66. The molecule has 19 heavy (non-hydrogen) atoms. The second-order valence-electron chi connectivity index (χ2n) is 3.50. The number of anilines is 3. The van der Waals surface area contributed by atoms with Gasteiger partial charge in [-0.25, -0.2) is 24.6 Å². The molecule has 2 rings (SSSR count). The van der Waals surface area contributed by atoms with E-state index < -0.39 is 11.6 Å². The molecule has 0 fully saturated rings. The van der Waals surface area contributed by atoms with E-state index in [1.54, 1.807) is 0 Å². The lowest BCUT2D eigenvalue weighted by molar-refractivity contribution is 0.415. The van der Waals surface area contributed by atoms with E-state index in [-0.39, 0.29) is 17.4 Å². The van der Waals surface area contributed by atoms with Gasteiger partial charge in [0.15, 0.2) is 23.3 Å². The topological polar surface area (TPSA) is 85.1 Å². The van der Waals surface area contributed by atoms with Crippen molar-refractivity contribution in [1.82, 2.24) is 9.97 Å². The van der Waals surface area contributed by atoms with Crippen LogP contribution in [0, 0.1) is 11.6 Å². The van der Waals surface area contributed by atoms with Gasteiger partial charge in [0, 0.05) is 11.8 Å². The molecule has 0 amide bonds. The largest absolute Gasteiger partial charge is 0.490 e. The zero-order valence-corrected chi connectivity index (χ0v) is 9.95. The number of ether oxygens (including phenoxy) is 1. The number of hydrogen-bond donors (Lipinski definition) is 3. The number of rotatable bonds is 4. The summed E-state index contributed by atoms with van der Waals surface area (Å²) < 4.78 is 31.0. The van der Waals surface area contributed by atoms with Crippen LogP contribution in [0.1, 0.15) is 0 Å². The maximum atomic E-state index is 13.1. The molecule has 0 saturated carbocycles. The SMILES string of the molecule is COc1c(NN)ncnc1Nc1ccc(F)c(F)c1. The highest BCUT2D eigenvalue weighted by Crippen LogP contribution is 2.30. The molecule has 2 aromatic rings. The Labute approximate surface area is 107 Å². The highest BCUT2D eigenvalue weighted by atomic mass is 19.2. The van der Waals surface area contributed by atoms with E-state index in [1.807, 2.05) is 0 Å². The average molecular weight is 267 g/mol. The number of hydrogen-bond acceptors (Lipinski definition) is 6. The zero-order chi connectivity index (χ0) is 13.8. The number of benzene rings is 1. The number of aromatic nitrogens is 2. The first-order chi connectivity index (χ1) is 9.15. The van der Waals surface area contributed by atoms with Crippen LogP contribution < -0.4 is 21.3 Å². The highest BCUT2D eigenvalue weighted by molar-refractivity contribution is 5.68. The van der Waals surface area contributed by atoms with Gasteiger partial charge in [0.25, 0.3) is 0 Å². The van der Waals surface area contributed by atoms with Crippen LogP contribution in [0.25, 0.3) is 0 Å². The summed E-state index contributed by atoms with van der Waals surface area (Å²) >= 11 is 0. The molecule has 0 aliphatic heterocycles. The molecule has 0 atom stereocenters. The lowest BCUT2D eigenvalue weighted by atomic mass is 10.3. The molecule has 6 nitrogen and oxygen atoms in total. The predicted octanol–water partition coefficient (Wildman–Crippen LogP) is 1.79. The smallest absolute Gasteiger partial charge is 0.205 e. The Morgan fingerprint density at radius 3 is 2.53 bits per heavy atom. The first-order valence-corrected chi connectivity index (χ1v) is 5.23. The summed E-state index contributed by atoms with van der Waals surface area (Å²) in [6, 6.07) is 3.38. The third-order valence-corrected chi connectivity index (χ3v) is 2.33. The fourth-order valence-electron chi connectivity index (χ4n) is 1.47. The molecule has 100 valence electrons. The number of nitrogens with two attached hydrogens (primary N) is 1. The molecule has 0 unspecified atom stereocenters. The van der Waals surface area contributed by atoms with Crippen molar-refractivity contribution in [3.8, 4) is 5.75 Å². The van der Waals surface area contributed by atoms with Crippen molar-refractivity contribution in [2.45, 2.75) is 0 Å². The van der Waals surface area contributed by atoms with Crippen LogP contribution in [-0.4, -0.2) is 17.1 Å². The van der Waals surface area contributed by atoms with Gasteiger partial charge < -0.3 is 15.5 Å². The number of nitrogens with zero attached hydrogens (tertiary/aromatic N) is 2. The number of nitrogens with one attached hydrogen (secondary N) is 2. The standard InChI is InChI=1S/C11H11F2N5O/c1-19-9-10(15-5-16-11(9)18-14)17-6-2-3-7(12)8(13)4-6/h2-5H,14H2,1H3,(H2,15,16,17,18). The van der Waals surface area contributed by atoms with Gasteiger partial charge in [-0.05, 0) is 12.1 Å². The summed E-state index contributed by atoms with van der Waals surface area (Å²) in [7, 11) is 1.41. The average Bonchev–Trinajstić information content (AvgIpc) is 2.42. The van der Waals surface area contributed by atoms with Crippen LogP contribution >= 0.6 is 0 Å². The molecule has 1 aromatic heterocycles. The van der Waals surface area contributed by atoms with E-state index >= 15 is 0 Å². The lowest BCUT2D eigenvalue weighted by Crippen LogP contribution is -2.11. The fraction of sp³-hybridized carbons (Fsp3) is 0.0909. The van der Waals surface area contributed by atoms with Crippen molar-refractivity contribution in [2.75, 3.05) is 17.9 Å². The highest BCUT2D eigenvalue weighted by Gasteiger charge is 2.12. The van der Waals surface area contributed by atoms with Crippen LogP contribution in [0.5, 0.6) is 5.75 Å². The van der Waals surface area contributed by atoms with Gasteiger partial charge >= 0.3 is 0 Å². The summed E-state index contributed by atoms with van der Waals surface area (Å²) in [5.74, 6) is 4.19. The van der Waals surface area contributed by atoms with Crippen molar-refractivity contribution in [2.24, 2.45) is 5.84 Å². The molecule has 0 bridgehead atoms. The van der Waals surface area contributed by atoms with E-state index in [9.17, 15) is 8.78 Å². The fourth-order valence-corrected chi connectivity index (χ4v) is 1.47. The van der Waals surface area contributed by atoms with Crippen molar-refractivity contribution < 1.29 is 13.5 Å². The van der Waals surface area contributed by atoms with Gasteiger partial charge in [-0.2, -0.15) is 0 Å². The normalized spacial score (nSPS) is 10.1. The van der Waals surface area contributed by atoms with Crippen molar-refractivity contribution in [1.29, 1.82) is 0 Å². The van der Waals surface area contributed by atoms with Gasteiger partial charge in [0.05, 0.1) is 7.11 Å². The van der Waals surface area contributed by atoms with Crippen molar-refractivity contribution in [3.05, 3.63) is 36.2 Å². The van der Waals surface area contributed by atoms with Crippen LogP contribution in [0.4, 0.5) is 26.1 Å². The molecule has 0 radical (unpaired) electrons. The van der Waals surface area contributed by atoms with E-state index in [1.165, 1.54) is 19.5 Å². The molecule has 4 N–H and O–H groups in total. The van der Waals surface area contributed by atoms with Gasteiger partial charge in [-0.1, -0.05) is 0 Å². The first kappa shape index (κ1) is 13.0. The van der Waals surface area contributed by atoms with Crippen molar-refractivity contribution in [3.63, 3.8) is 0 Å². The lowest BCUT2D eigenvalue weighted by Gasteiger charge is -2.12. The third kappa shape index (κ3) is 2.68. The van der Waals surface area contributed by atoms with Gasteiger partial charge in [-0.15, -0.1) is 0 Å². The molecular weight excluding hydrogens is 256 g/mol. The number of methoxy groups -OCH3 is 1. The van der Waals surface area contributed by atoms with Crippen LogP contribution in [0.2, 0.25) is 0 Å². The van der Waals surface area contributed by atoms with Crippen LogP contribution in [-0.2, 0) is 0 Å². The molecular formula is C11H11F2N5O. The minimum Gasteiger partial charge on any atom is -0.490 e. The second kappa shape index (κ2) is 5.44. The van der Waals surface area contributed by atoms with Crippen molar-refractivity contribution >= 4 is 17.3 Å². The molecule has 0 aliphatic rings. The minimum absolute atomic E-state index is 0.259. The Kier molecular flexibility index (Phi) is 3.71. The Morgan fingerprint density at radius 2 is 1.89 bits per heavy atom. The molecule has 1 aromatic carbocycles. The summed E-state index contributed by atoms with van der Waals surface area (Å²) in [5, 5.41) is 2.79. The van der Waals surface area contributed by atoms with E-state index in [2.05, 4.69) is 20.7 Å². The maximum Gasteiger partial charge on any atom is 0.205 e. The summed E-state index contributed by atoms with van der Waals surface area (Å²) in [6.07, 6.45) is 1.25. The Morgan fingerprint density at radius 1 is 1.16 bits per heavy atom. The molecule has 0 saturated heterocycles. The van der Waals surface area contributed by atoms with E-state index in [0.29, 0.717) is 5.69 Å². The molecule has 0 spiro atoms. The quantitative estimate of drug-likeness (QED) is 0.578. The summed E-state index contributed by atoms with van der Waals surface area (Å²) in [6.45, 7) is 0. The van der Waals surface area contributed by atoms with Crippen LogP contribution in [0.15, 0.2) is 24.5 Å². The number of nitrogen functional groups attached to an aromatic ring is 1. The third-order valence-electron chi connectivity index (χ3n) is 2.33. The molecule has 1 heterocycles. The van der Waals surface area contributed by atoms with Gasteiger partial charge in [-0.3, -0.25) is 0 Å². The second-order valence-corrected chi connectivity index (χ2v) is 3.50. The Balaban J connectivity index is 2.35. The van der Waals surface area contributed by atoms with Gasteiger partial charge in [0.1, 0.15) is 6.33 Å². The first-order valence-electron chi connectivity index (χ1n) is 5.23. The van der Waals surface area contributed by atoms with E-state index in [4.69, 9.17) is 10.6 Å². The molecule has 8 heteroatoms. The monoisotopic (exact) mass is 267 g/mol. The number of hydrazine groups is 1. The van der Waals surface area contributed by atoms with Gasteiger partial charge in [0.2, 0.25) is 5.75 Å². The Bertz CT molecular complexity index is 593. The zero-order valence-electron chi connectivity index (χ0n) is 9.95. The Hall–Kier alpha value is -2.48.